The molecule has 0 unspecified atom stereocenters. The number of aromatic nitrogens is 1. The Kier molecular flexibility index (Phi) is 4.29. The van der Waals surface area contributed by atoms with E-state index in [1.54, 1.807) is 0 Å². The standard InChI is InChI=1S/C25H26N2/c1-5-24(21-14-8-6-12-19(21)2)27(3,4)25-18-20-13-7-9-15-22(20)23-16-10-11-17-26(23)25/h5-18H,1-4H3/q+2/b24-5-. The van der Waals surface area contributed by atoms with E-state index >= 15 is 0 Å². The van der Waals surface area contributed by atoms with Crippen molar-refractivity contribution in [2.24, 2.45) is 0 Å². The van der Waals surface area contributed by atoms with Crippen molar-refractivity contribution >= 4 is 27.8 Å². The van der Waals surface area contributed by atoms with E-state index < -0.39 is 0 Å². The maximum Gasteiger partial charge on any atom is 0.380 e. The van der Waals surface area contributed by atoms with Gasteiger partial charge in [-0.15, -0.1) is 4.40 Å². The van der Waals surface area contributed by atoms with E-state index in [1.807, 2.05) is 0 Å². The summed E-state index contributed by atoms with van der Waals surface area (Å²) in [4.78, 5) is 0. The van der Waals surface area contributed by atoms with Gasteiger partial charge < -0.3 is 0 Å². The smallest absolute Gasteiger partial charge is 0.208 e. The lowest BCUT2D eigenvalue weighted by atomic mass is 10.0. The normalized spacial score (nSPS) is 12.7. The summed E-state index contributed by atoms with van der Waals surface area (Å²) in [6.07, 6.45) is 4.41. The zero-order chi connectivity index (χ0) is 19.0. The van der Waals surface area contributed by atoms with E-state index in [1.165, 1.54) is 38.9 Å². The maximum absolute atomic E-state index is 2.32. The molecule has 2 nitrogen and oxygen atoms in total. The summed E-state index contributed by atoms with van der Waals surface area (Å²) in [5.41, 5.74) is 5.12. The number of quaternary nitrogens is 1. The molecule has 0 aliphatic carbocycles. The number of benzene rings is 2. The van der Waals surface area contributed by atoms with Crippen LogP contribution in [0.15, 0.2) is 85.1 Å². The van der Waals surface area contributed by atoms with Crippen molar-refractivity contribution in [3.05, 3.63) is 96.2 Å². The van der Waals surface area contributed by atoms with E-state index in [0.29, 0.717) is 4.48 Å². The van der Waals surface area contributed by atoms with Gasteiger partial charge in [-0.25, -0.2) is 4.48 Å². The minimum atomic E-state index is 0.664. The lowest BCUT2D eigenvalue weighted by Crippen LogP contribution is -2.46. The van der Waals surface area contributed by atoms with Gasteiger partial charge in [0.1, 0.15) is 5.70 Å². The van der Waals surface area contributed by atoms with Gasteiger partial charge in [-0.05, 0) is 43.7 Å². The molecule has 4 rings (SSSR count). The molecule has 2 heteroatoms. The average molecular weight is 354 g/mol. The molecule has 0 radical (unpaired) electrons. The Morgan fingerprint density at radius 2 is 1.59 bits per heavy atom. The fourth-order valence-electron chi connectivity index (χ4n) is 4.12. The predicted molar refractivity (Wildman–Crippen MR) is 116 cm³/mol. The van der Waals surface area contributed by atoms with Crippen LogP contribution in [0.25, 0.3) is 22.0 Å². The Morgan fingerprint density at radius 1 is 0.889 bits per heavy atom. The van der Waals surface area contributed by atoms with Gasteiger partial charge in [-0.2, -0.15) is 0 Å². The summed E-state index contributed by atoms with van der Waals surface area (Å²) in [5, 5.41) is 2.55. The summed E-state index contributed by atoms with van der Waals surface area (Å²) in [6, 6.07) is 26.0. The lowest BCUT2D eigenvalue weighted by Gasteiger charge is -2.28. The Labute approximate surface area is 161 Å². The number of hydrogen-bond donors (Lipinski definition) is 0. The quantitative estimate of drug-likeness (QED) is 0.259. The van der Waals surface area contributed by atoms with Crippen molar-refractivity contribution in [1.82, 2.24) is 4.48 Å². The van der Waals surface area contributed by atoms with Crippen LogP contribution in [0.4, 0.5) is 5.82 Å². The van der Waals surface area contributed by atoms with Crippen molar-refractivity contribution in [3.8, 4) is 0 Å². The number of hydrogen-bond acceptors (Lipinski definition) is 0. The maximum atomic E-state index is 2.32. The monoisotopic (exact) mass is 354 g/mol. The second-order valence-electron chi connectivity index (χ2n) is 7.49. The minimum absolute atomic E-state index is 0.664. The van der Waals surface area contributed by atoms with Crippen LogP contribution in [-0.4, -0.2) is 14.1 Å². The molecule has 0 fully saturated rings. The van der Waals surface area contributed by atoms with Gasteiger partial charge in [0.15, 0.2) is 6.20 Å². The third-order valence-corrected chi connectivity index (χ3v) is 5.50. The molecule has 0 atom stereocenters. The number of fused-ring (bicyclic) bond motifs is 3. The topological polar surface area (TPSA) is 4.10 Å². The van der Waals surface area contributed by atoms with E-state index in [-0.39, 0.29) is 0 Å². The summed E-state index contributed by atoms with van der Waals surface area (Å²) in [6.45, 7) is 4.32. The molecule has 0 saturated carbocycles. The number of pyridine rings is 2. The third kappa shape index (κ3) is 2.83. The van der Waals surface area contributed by atoms with Crippen molar-refractivity contribution in [3.63, 3.8) is 0 Å². The van der Waals surface area contributed by atoms with Crippen LogP contribution < -0.4 is 8.88 Å². The zero-order valence-corrected chi connectivity index (χ0v) is 16.5. The van der Waals surface area contributed by atoms with Crippen LogP contribution in [0, 0.1) is 6.92 Å². The van der Waals surface area contributed by atoms with Crippen LogP contribution in [0.5, 0.6) is 0 Å². The molecule has 0 saturated heterocycles. The summed E-state index contributed by atoms with van der Waals surface area (Å²) in [7, 11) is 4.54. The molecule has 0 bridgehead atoms. The van der Waals surface area contributed by atoms with Crippen molar-refractivity contribution in [1.29, 1.82) is 0 Å². The molecular weight excluding hydrogens is 328 g/mol. The molecule has 4 aromatic rings. The number of nitrogens with zero attached hydrogens (tertiary/aromatic N) is 2. The van der Waals surface area contributed by atoms with Gasteiger partial charge in [0.2, 0.25) is 5.52 Å². The van der Waals surface area contributed by atoms with E-state index in [9.17, 15) is 0 Å². The number of aryl methyl sites for hydroxylation is 1. The largest absolute Gasteiger partial charge is 0.380 e. The Morgan fingerprint density at radius 3 is 2.37 bits per heavy atom. The van der Waals surface area contributed by atoms with Gasteiger partial charge in [0, 0.05) is 23.1 Å². The first-order valence-corrected chi connectivity index (χ1v) is 9.43. The average Bonchev–Trinajstić information content (AvgIpc) is 2.69. The first-order chi connectivity index (χ1) is 13.0. The van der Waals surface area contributed by atoms with Gasteiger partial charge in [0.25, 0.3) is 0 Å². The highest BCUT2D eigenvalue weighted by molar-refractivity contribution is 5.95. The summed E-state index contributed by atoms with van der Waals surface area (Å²) in [5.74, 6) is 1.24. The fourth-order valence-corrected chi connectivity index (χ4v) is 4.12. The first-order valence-electron chi connectivity index (χ1n) is 9.43. The van der Waals surface area contributed by atoms with E-state index in [2.05, 4.69) is 117 Å². The summed E-state index contributed by atoms with van der Waals surface area (Å²) < 4.78 is 2.99. The molecule has 0 N–H and O–H groups in total. The highest BCUT2D eigenvalue weighted by Crippen LogP contribution is 2.33. The van der Waals surface area contributed by atoms with E-state index in [0.717, 1.165) is 0 Å². The molecule has 0 aliphatic rings. The number of allylic oxidation sites excluding steroid dienone is 1. The van der Waals surface area contributed by atoms with Crippen LogP contribution >= 0.6 is 0 Å². The molecule has 0 amide bonds. The molecule has 0 aliphatic heterocycles. The lowest BCUT2D eigenvalue weighted by molar-refractivity contribution is -0.504. The van der Waals surface area contributed by atoms with Crippen LogP contribution in [0.2, 0.25) is 0 Å². The summed E-state index contributed by atoms with van der Waals surface area (Å²) >= 11 is 0. The zero-order valence-electron chi connectivity index (χ0n) is 16.5. The molecule has 27 heavy (non-hydrogen) atoms. The second kappa shape index (κ2) is 6.64. The predicted octanol–water partition coefficient (Wildman–Crippen LogP) is 5.51. The van der Waals surface area contributed by atoms with Crippen LogP contribution in [0.3, 0.4) is 0 Å². The first kappa shape index (κ1) is 17.4. The van der Waals surface area contributed by atoms with Crippen molar-refractivity contribution in [2.45, 2.75) is 13.8 Å². The van der Waals surface area contributed by atoms with Crippen molar-refractivity contribution < 1.29 is 4.40 Å². The Balaban J connectivity index is 2.03. The van der Waals surface area contributed by atoms with Gasteiger partial charge >= 0.3 is 5.82 Å². The Bertz CT molecular complexity index is 1170. The second-order valence-corrected chi connectivity index (χ2v) is 7.49. The third-order valence-electron chi connectivity index (χ3n) is 5.50. The van der Waals surface area contributed by atoms with Crippen molar-refractivity contribution in [2.75, 3.05) is 14.1 Å². The SMILES string of the molecule is C/C=C(/c1ccccc1C)[N+](C)(C)c1cc2ccccc2c2cccc[n+]12. The molecule has 2 heterocycles. The van der Waals surface area contributed by atoms with Crippen LogP contribution in [-0.2, 0) is 0 Å². The highest BCUT2D eigenvalue weighted by Gasteiger charge is 2.35. The molecule has 134 valence electrons. The van der Waals surface area contributed by atoms with E-state index in [4.69, 9.17) is 0 Å². The number of rotatable bonds is 3. The van der Waals surface area contributed by atoms with Crippen LogP contribution in [0.1, 0.15) is 18.1 Å². The molecule has 2 aromatic carbocycles. The molecule has 0 spiro atoms. The highest BCUT2D eigenvalue weighted by atomic mass is 15.4. The van der Waals surface area contributed by atoms with Gasteiger partial charge in [-0.3, -0.25) is 0 Å². The van der Waals surface area contributed by atoms with Gasteiger partial charge in [0.05, 0.1) is 25.5 Å². The molecular formula is C25H26N2+2. The molecule has 2 aromatic heterocycles. The Hall–Kier alpha value is -2.97. The fraction of sp³-hybridized carbons (Fsp3) is 0.160. The minimum Gasteiger partial charge on any atom is -0.208 e. The van der Waals surface area contributed by atoms with Gasteiger partial charge in [-0.1, -0.05) is 36.4 Å².